The van der Waals surface area contributed by atoms with Crippen LogP contribution < -0.4 is 0 Å². The number of nitrogens with zero attached hydrogens (tertiary/aromatic N) is 2. The summed E-state index contributed by atoms with van der Waals surface area (Å²) in [6.45, 7) is 0. The third-order valence-corrected chi connectivity index (χ3v) is 2.23. The zero-order valence-corrected chi connectivity index (χ0v) is 8.75. The van der Waals surface area contributed by atoms with E-state index >= 15 is 0 Å². The first-order valence-corrected chi connectivity index (χ1v) is 4.66. The zero-order chi connectivity index (χ0) is 12.0. The van der Waals surface area contributed by atoms with Crippen molar-refractivity contribution in [3.63, 3.8) is 0 Å². The Morgan fingerprint density at radius 3 is 2.25 bits per heavy atom. The lowest BCUT2D eigenvalue weighted by Gasteiger charge is -2.14. The van der Waals surface area contributed by atoms with Crippen LogP contribution in [0.25, 0.3) is 0 Å². The van der Waals surface area contributed by atoms with Gasteiger partial charge in [0.2, 0.25) is 0 Å². The van der Waals surface area contributed by atoms with Crippen LogP contribution in [0.4, 0.5) is 0 Å². The second-order valence-electron chi connectivity index (χ2n) is 3.15. The zero-order valence-electron chi connectivity index (χ0n) is 8.75. The molecule has 0 amide bonds. The van der Waals surface area contributed by atoms with Gasteiger partial charge in [0.1, 0.15) is 5.92 Å². The van der Waals surface area contributed by atoms with Crippen LogP contribution in [-0.4, -0.2) is 13.1 Å². The Kier molecular flexibility index (Phi) is 4.06. The predicted molar refractivity (Wildman–Crippen MR) is 55.9 cm³/mol. The first-order valence-electron chi connectivity index (χ1n) is 4.66. The minimum atomic E-state index is -1.03. The molecule has 0 N–H and O–H groups in total. The molecule has 4 heteroatoms. The van der Waals surface area contributed by atoms with E-state index in [0.717, 1.165) is 0 Å². The van der Waals surface area contributed by atoms with E-state index in [2.05, 4.69) is 4.74 Å². The molecule has 0 saturated heterocycles. The van der Waals surface area contributed by atoms with Gasteiger partial charge in [-0.05, 0) is 5.56 Å². The number of nitriles is 2. The maximum Gasteiger partial charge on any atom is 0.315 e. The maximum absolute atomic E-state index is 11.5. The number of hydrogen-bond acceptors (Lipinski definition) is 4. The molecule has 1 atom stereocenters. The predicted octanol–water partition coefficient (Wildman–Crippen LogP) is 1.61. The molecule has 0 spiro atoms. The van der Waals surface area contributed by atoms with Gasteiger partial charge in [0.15, 0.2) is 5.92 Å². The SMILES string of the molecule is COC(=O)C(c1ccccc1)C(C#N)C#N. The Morgan fingerprint density at radius 1 is 1.25 bits per heavy atom. The molecule has 0 aliphatic heterocycles. The number of hydrogen-bond donors (Lipinski definition) is 0. The van der Waals surface area contributed by atoms with E-state index in [-0.39, 0.29) is 0 Å². The van der Waals surface area contributed by atoms with Gasteiger partial charge in [0.25, 0.3) is 0 Å². The Bertz CT molecular complexity index is 428. The summed E-state index contributed by atoms with van der Waals surface area (Å²) in [6.07, 6.45) is 0. The lowest BCUT2D eigenvalue weighted by Crippen LogP contribution is -2.21. The second kappa shape index (κ2) is 5.53. The van der Waals surface area contributed by atoms with E-state index in [1.165, 1.54) is 7.11 Å². The summed E-state index contributed by atoms with van der Waals surface area (Å²) in [6, 6.07) is 12.3. The summed E-state index contributed by atoms with van der Waals surface area (Å²) >= 11 is 0. The fourth-order valence-corrected chi connectivity index (χ4v) is 1.43. The summed E-state index contributed by atoms with van der Waals surface area (Å²) in [5.41, 5.74) is 0.613. The van der Waals surface area contributed by atoms with Crippen molar-refractivity contribution in [2.75, 3.05) is 7.11 Å². The highest BCUT2D eigenvalue weighted by molar-refractivity contribution is 5.79. The quantitative estimate of drug-likeness (QED) is 0.716. The molecule has 0 aliphatic rings. The highest BCUT2D eigenvalue weighted by Crippen LogP contribution is 2.25. The first-order chi connectivity index (χ1) is 7.74. The van der Waals surface area contributed by atoms with Crippen LogP contribution in [0.1, 0.15) is 11.5 Å². The Hall–Kier alpha value is -2.33. The summed E-state index contributed by atoms with van der Waals surface area (Å²) in [7, 11) is 1.24. The molecule has 0 saturated carbocycles. The van der Waals surface area contributed by atoms with Gasteiger partial charge in [-0.3, -0.25) is 4.79 Å². The Balaban J connectivity index is 3.13. The summed E-state index contributed by atoms with van der Waals surface area (Å²) in [5.74, 6) is -2.45. The van der Waals surface area contributed by atoms with Crippen molar-refractivity contribution in [3.8, 4) is 12.1 Å². The third-order valence-electron chi connectivity index (χ3n) is 2.23. The molecule has 1 rings (SSSR count). The van der Waals surface area contributed by atoms with Crippen molar-refractivity contribution in [3.05, 3.63) is 35.9 Å². The smallest absolute Gasteiger partial charge is 0.315 e. The second-order valence-corrected chi connectivity index (χ2v) is 3.15. The number of rotatable bonds is 3. The third kappa shape index (κ3) is 2.37. The Morgan fingerprint density at radius 2 is 1.81 bits per heavy atom. The van der Waals surface area contributed by atoms with Crippen LogP contribution in [0.3, 0.4) is 0 Å². The normalized spacial score (nSPS) is 11.2. The van der Waals surface area contributed by atoms with E-state index in [0.29, 0.717) is 5.56 Å². The van der Waals surface area contributed by atoms with Gasteiger partial charge in [-0.1, -0.05) is 30.3 Å². The van der Waals surface area contributed by atoms with Gasteiger partial charge >= 0.3 is 5.97 Å². The van der Waals surface area contributed by atoms with Crippen LogP contribution in [0.5, 0.6) is 0 Å². The minimum Gasteiger partial charge on any atom is -0.468 e. The van der Waals surface area contributed by atoms with Crippen LogP contribution >= 0.6 is 0 Å². The molecule has 0 aliphatic carbocycles. The molecule has 0 fully saturated rings. The van der Waals surface area contributed by atoms with Crippen LogP contribution in [-0.2, 0) is 9.53 Å². The van der Waals surface area contributed by atoms with E-state index < -0.39 is 17.8 Å². The average molecular weight is 214 g/mol. The van der Waals surface area contributed by atoms with Gasteiger partial charge < -0.3 is 4.74 Å². The minimum absolute atomic E-state index is 0.570. The molecule has 16 heavy (non-hydrogen) atoms. The molecular weight excluding hydrogens is 204 g/mol. The van der Waals surface area contributed by atoms with E-state index in [1.54, 1.807) is 42.5 Å². The van der Waals surface area contributed by atoms with Gasteiger partial charge in [0, 0.05) is 0 Å². The fourth-order valence-electron chi connectivity index (χ4n) is 1.43. The summed E-state index contributed by atoms with van der Waals surface area (Å²) in [5, 5.41) is 17.6. The molecule has 0 aromatic heterocycles. The molecule has 1 unspecified atom stereocenters. The summed E-state index contributed by atoms with van der Waals surface area (Å²) < 4.78 is 4.61. The van der Waals surface area contributed by atoms with Crippen molar-refractivity contribution in [2.45, 2.75) is 5.92 Å². The molecule has 4 nitrogen and oxygen atoms in total. The molecule has 0 radical (unpaired) electrons. The number of esters is 1. The topological polar surface area (TPSA) is 73.9 Å². The standard InChI is InChI=1S/C12H10N2O2/c1-16-12(15)11(10(7-13)8-14)9-5-3-2-4-6-9/h2-6,10-11H,1H3. The molecule has 1 aromatic rings. The molecule has 80 valence electrons. The Labute approximate surface area is 93.7 Å². The summed E-state index contributed by atoms with van der Waals surface area (Å²) in [4.78, 5) is 11.5. The van der Waals surface area contributed by atoms with Crippen LogP contribution in [0.2, 0.25) is 0 Å². The molecule has 0 heterocycles. The van der Waals surface area contributed by atoms with Gasteiger partial charge in [0.05, 0.1) is 19.2 Å². The van der Waals surface area contributed by atoms with Crippen molar-refractivity contribution in [1.29, 1.82) is 10.5 Å². The van der Waals surface area contributed by atoms with Crippen LogP contribution in [0, 0.1) is 28.6 Å². The van der Waals surface area contributed by atoms with Crippen molar-refractivity contribution >= 4 is 5.97 Å². The molecule has 1 aromatic carbocycles. The van der Waals surface area contributed by atoms with Gasteiger partial charge in [-0.15, -0.1) is 0 Å². The van der Waals surface area contributed by atoms with E-state index in [9.17, 15) is 4.79 Å². The number of benzene rings is 1. The highest BCUT2D eigenvalue weighted by atomic mass is 16.5. The highest BCUT2D eigenvalue weighted by Gasteiger charge is 2.30. The van der Waals surface area contributed by atoms with Gasteiger partial charge in [-0.2, -0.15) is 10.5 Å². The maximum atomic E-state index is 11.5. The van der Waals surface area contributed by atoms with E-state index in [4.69, 9.17) is 10.5 Å². The first kappa shape index (κ1) is 11.7. The number of carbonyl (C=O) groups excluding carboxylic acids is 1. The molecule has 0 bridgehead atoms. The van der Waals surface area contributed by atoms with E-state index in [1.807, 2.05) is 0 Å². The van der Waals surface area contributed by atoms with Crippen LogP contribution in [0.15, 0.2) is 30.3 Å². The molecular formula is C12H10N2O2. The fraction of sp³-hybridized carbons (Fsp3) is 0.250. The number of carbonyl (C=O) groups is 1. The number of methoxy groups -OCH3 is 1. The van der Waals surface area contributed by atoms with Crippen molar-refractivity contribution < 1.29 is 9.53 Å². The lowest BCUT2D eigenvalue weighted by atomic mass is 9.88. The monoisotopic (exact) mass is 214 g/mol. The van der Waals surface area contributed by atoms with Gasteiger partial charge in [-0.25, -0.2) is 0 Å². The lowest BCUT2D eigenvalue weighted by molar-refractivity contribution is -0.142. The van der Waals surface area contributed by atoms with Crippen molar-refractivity contribution in [1.82, 2.24) is 0 Å². The van der Waals surface area contributed by atoms with Crippen molar-refractivity contribution in [2.24, 2.45) is 5.92 Å². The average Bonchev–Trinajstić information content (AvgIpc) is 2.36. The largest absolute Gasteiger partial charge is 0.468 e. The number of ether oxygens (including phenoxy) is 1.